The molecule has 0 amide bonds. The molecule has 1 rings (SSSR count). The molecule has 3 nitrogen and oxygen atoms in total. The average Bonchev–Trinajstić information content (AvgIpc) is 2.67. The molecule has 3 heteroatoms. The Morgan fingerprint density at radius 3 is 1.70 bits per heavy atom. The number of hydrogen-bond acceptors (Lipinski definition) is 3. The van der Waals surface area contributed by atoms with Gasteiger partial charge in [0.05, 0.1) is 6.10 Å². The van der Waals surface area contributed by atoms with Crippen molar-refractivity contribution in [1.29, 1.82) is 0 Å². The van der Waals surface area contributed by atoms with Crippen molar-refractivity contribution < 1.29 is 14.2 Å². The highest BCUT2D eigenvalue weighted by molar-refractivity contribution is 4.68. The van der Waals surface area contributed by atoms with Gasteiger partial charge in [-0.05, 0) is 26.2 Å². The van der Waals surface area contributed by atoms with Gasteiger partial charge in [0.15, 0.2) is 12.6 Å². The van der Waals surface area contributed by atoms with E-state index in [-0.39, 0.29) is 12.6 Å². The second kappa shape index (κ2) is 17.9. The van der Waals surface area contributed by atoms with Crippen LogP contribution in [0.5, 0.6) is 0 Å². The van der Waals surface area contributed by atoms with Crippen molar-refractivity contribution in [2.75, 3.05) is 6.61 Å². The zero-order chi connectivity index (χ0) is 19.6. The van der Waals surface area contributed by atoms with Crippen LogP contribution < -0.4 is 0 Å². The highest BCUT2D eigenvalue weighted by atomic mass is 16.8. The summed E-state index contributed by atoms with van der Waals surface area (Å²) in [6, 6.07) is 0. The lowest BCUT2D eigenvalue weighted by atomic mass is 10.0. The van der Waals surface area contributed by atoms with Gasteiger partial charge in [0, 0.05) is 13.0 Å². The van der Waals surface area contributed by atoms with E-state index in [1.165, 1.54) is 89.9 Å². The zero-order valence-electron chi connectivity index (χ0n) is 18.7. The summed E-state index contributed by atoms with van der Waals surface area (Å²) >= 11 is 0. The maximum Gasteiger partial charge on any atom is 0.163 e. The molecule has 0 bridgehead atoms. The normalized spacial score (nSPS) is 23.0. The van der Waals surface area contributed by atoms with Crippen LogP contribution in [0, 0.1) is 0 Å². The fraction of sp³-hybridized carbons (Fsp3) is 1.00. The Balaban J connectivity index is 2.16. The summed E-state index contributed by atoms with van der Waals surface area (Å²) in [5.41, 5.74) is 0. The standard InChI is InChI=1S/C24H48O3/c1-4-7-9-11-13-15-17-19-22-21-24(25-6-3)27-23(26-22)20-18-16-14-12-10-8-5-2/h22-24H,4-21H2,1-3H3. The van der Waals surface area contributed by atoms with Crippen LogP contribution in [0.15, 0.2) is 0 Å². The SMILES string of the molecule is CCCCCCCCCC1CC(OCC)OC(CCCCCCCCC)O1. The molecule has 162 valence electrons. The average molecular weight is 385 g/mol. The third kappa shape index (κ3) is 13.7. The fourth-order valence-electron chi connectivity index (χ4n) is 3.95. The first-order chi connectivity index (χ1) is 13.3. The number of ether oxygens (including phenoxy) is 3. The van der Waals surface area contributed by atoms with E-state index >= 15 is 0 Å². The Labute approximate surface area is 169 Å². The maximum atomic E-state index is 6.25. The minimum atomic E-state index is -0.0622. The smallest absolute Gasteiger partial charge is 0.163 e. The highest BCUT2D eigenvalue weighted by Gasteiger charge is 2.29. The first-order valence-electron chi connectivity index (χ1n) is 12.2. The molecule has 1 aliphatic rings. The molecule has 0 aliphatic carbocycles. The molecule has 0 spiro atoms. The molecule has 0 aromatic rings. The van der Waals surface area contributed by atoms with E-state index in [0.717, 1.165) is 25.9 Å². The summed E-state index contributed by atoms with van der Waals surface area (Å²) in [7, 11) is 0. The van der Waals surface area contributed by atoms with Gasteiger partial charge in [0.25, 0.3) is 0 Å². The largest absolute Gasteiger partial charge is 0.353 e. The molecule has 0 aromatic carbocycles. The summed E-state index contributed by atoms with van der Waals surface area (Å²) in [6.07, 6.45) is 22.1. The minimum absolute atomic E-state index is 0.0551. The third-order valence-electron chi connectivity index (χ3n) is 5.63. The molecule has 1 heterocycles. The lowest BCUT2D eigenvalue weighted by molar-refractivity contribution is -0.308. The Kier molecular flexibility index (Phi) is 16.6. The van der Waals surface area contributed by atoms with Crippen molar-refractivity contribution in [2.24, 2.45) is 0 Å². The Morgan fingerprint density at radius 2 is 1.15 bits per heavy atom. The molecule has 1 fully saturated rings. The predicted octanol–water partition coefficient (Wildman–Crippen LogP) is 7.76. The van der Waals surface area contributed by atoms with Crippen LogP contribution in [0.3, 0.4) is 0 Å². The molecule has 1 saturated heterocycles. The zero-order valence-corrected chi connectivity index (χ0v) is 18.7. The topological polar surface area (TPSA) is 27.7 Å². The van der Waals surface area contributed by atoms with Crippen LogP contribution in [0.1, 0.15) is 130 Å². The van der Waals surface area contributed by atoms with E-state index in [4.69, 9.17) is 14.2 Å². The van der Waals surface area contributed by atoms with Gasteiger partial charge in [-0.25, -0.2) is 0 Å². The van der Waals surface area contributed by atoms with Gasteiger partial charge in [-0.15, -0.1) is 0 Å². The van der Waals surface area contributed by atoms with E-state index in [9.17, 15) is 0 Å². The van der Waals surface area contributed by atoms with Crippen molar-refractivity contribution in [3.63, 3.8) is 0 Å². The molecule has 27 heavy (non-hydrogen) atoms. The second-order valence-corrected chi connectivity index (χ2v) is 8.26. The van der Waals surface area contributed by atoms with E-state index in [1.54, 1.807) is 0 Å². The van der Waals surface area contributed by atoms with Gasteiger partial charge in [0.1, 0.15) is 0 Å². The molecule has 0 N–H and O–H groups in total. The Morgan fingerprint density at radius 1 is 0.630 bits per heavy atom. The Bertz CT molecular complexity index is 282. The maximum absolute atomic E-state index is 6.25. The van der Waals surface area contributed by atoms with Crippen LogP contribution in [0.25, 0.3) is 0 Å². The molecule has 1 aliphatic heterocycles. The third-order valence-corrected chi connectivity index (χ3v) is 5.63. The first-order valence-corrected chi connectivity index (χ1v) is 12.2. The van der Waals surface area contributed by atoms with Gasteiger partial charge in [-0.1, -0.05) is 97.3 Å². The summed E-state index contributed by atoms with van der Waals surface area (Å²) < 4.78 is 18.1. The molecule has 0 aromatic heterocycles. The minimum Gasteiger partial charge on any atom is -0.353 e. The predicted molar refractivity (Wildman–Crippen MR) is 115 cm³/mol. The number of hydrogen-bond donors (Lipinski definition) is 0. The summed E-state index contributed by atoms with van der Waals surface area (Å²) in [6.45, 7) is 7.32. The van der Waals surface area contributed by atoms with Gasteiger partial charge in [-0.2, -0.15) is 0 Å². The van der Waals surface area contributed by atoms with Crippen LogP contribution in [-0.2, 0) is 14.2 Å². The quantitative estimate of drug-likeness (QED) is 0.226. The van der Waals surface area contributed by atoms with Crippen LogP contribution in [0.2, 0.25) is 0 Å². The van der Waals surface area contributed by atoms with Gasteiger partial charge in [0.2, 0.25) is 0 Å². The highest BCUT2D eigenvalue weighted by Crippen LogP contribution is 2.26. The van der Waals surface area contributed by atoms with E-state index < -0.39 is 0 Å². The summed E-state index contributed by atoms with van der Waals surface area (Å²) in [5, 5.41) is 0. The summed E-state index contributed by atoms with van der Waals surface area (Å²) in [4.78, 5) is 0. The van der Waals surface area contributed by atoms with Gasteiger partial charge < -0.3 is 14.2 Å². The van der Waals surface area contributed by atoms with Crippen molar-refractivity contribution >= 4 is 0 Å². The van der Waals surface area contributed by atoms with Crippen molar-refractivity contribution in [1.82, 2.24) is 0 Å². The molecular weight excluding hydrogens is 336 g/mol. The lowest BCUT2D eigenvalue weighted by Crippen LogP contribution is -2.39. The second-order valence-electron chi connectivity index (χ2n) is 8.26. The van der Waals surface area contributed by atoms with Crippen LogP contribution in [0.4, 0.5) is 0 Å². The molecule has 3 atom stereocenters. The monoisotopic (exact) mass is 384 g/mol. The van der Waals surface area contributed by atoms with Crippen molar-refractivity contribution in [3.8, 4) is 0 Å². The molecule has 3 unspecified atom stereocenters. The summed E-state index contributed by atoms with van der Waals surface area (Å²) in [5.74, 6) is 0. The van der Waals surface area contributed by atoms with Crippen LogP contribution in [-0.4, -0.2) is 25.3 Å². The van der Waals surface area contributed by atoms with Crippen molar-refractivity contribution in [2.45, 2.75) is 149 Å². The van der Waals surface area contributed by atoms with E-state index in [2.05, 4.69) is 20.8 Å². The van der Waals surface area contributed by atoms with E-state index in [1.807, 2.05) is 0 Å². The van der Waals surface area contributed by atoms with Gasteiger partial charge >= 0.3 is 0 Å². The Hall–Kier alpha value is -0.120. The number of rotatable bonds is 18. The molecular formula is C24H48O3. The fourth-order valence-corrected chi connectivity index (χ4v) is 3.95. The van der Waals surface area contributed by atoms with Crippen LogP contribution >= 0.6 is 0 Å². The number of unbranched alkanes of at least 4 members (excludes halogenated alkanes) is 12. The van der Waals surface area contributed by atoms with Gasteiger partial charge in [-0.3, -0.25) is 0 Å². The van der Waals surface area contributed by atoms with Crippen molar-refractivity contribution in [3.05, 3.63) is 0 Å². The lowest BCUT2D eigenvalue weighted by Gasteiger charge is -2.35. The first kappa shape index (κ1) is 24.9. The van der Waals surface area contributed by atoms with E-state index in [0.29, 0.717) is 6.10 Å². The molecule has 0 radical (unpaired) electrons. The molecule has 0 saturated carbocycles.